The molecular formula is C15H18ClN3OS. The third-order valence-electron chi connectivity index (χ3n) is 2.94. The maximum atomic E-state index is 12.3. The van der Waals surface area contributed by atoms with Crippen LogP contribution in [-0.2, 0) is 6.42 Å². The number of halogens is 1. The van der Waals surface area contributed by atoms with Crippen LogP contribution in [0.3, 0.4) is 0 Å². The molecule has 0 bridgehead atoms. The molecule has 0 atom stereocenters. The fraction of sp³-hybridized carbons (Fsp3) is 0.333. The minimum atomic E-state index is -0.119. The van der Waals surface area contributed by atoms with E-state index in [0.717, 1.165) is 30.8 Å². The Hall–Kier alpha value is -1.59. The van der Waals surface area contributed by atoms with Crippen LogP contribution in [0.5, 0.6) is 0 Å². The van der Waals surface area contributed by atoms with Crippen LogP contribution in [0.15, 0.2) is 29.1 Å². The molecule has 2 rings (SSSR count). The van der Waals surface area contributed by atoms with Crippen molar-refractivity contribution >= 4 is 34.5 Å². The molecule has 1 heterocycles. The van der Waals surface area contributed by atoms with E-state index in [0.29, 0.717) is 17.1 Å². The first-order valence-corrected chi connectivity index (χ1v) is 8.21. The fourth-order valence-corrected chi connectivity index (χ4v) is 2.64. The van der Waals surface area contributed by atoms with Crippen LogP contribution in [0.2, 0.25) is 5.02 Å². The van der Waals surface area contributed by atoms with E-state index in [1.807, 2.05) is 11.4 Å². The number of hydrogen-bond donors (Lipinski definition) is 2. The lowest BCUT2D eigenvalue weighted by Gasteiger charge is -2.12. The van der Waals surface area contributed by atoms with Crippen LogP contribution in [0.4, 0.5) is 5.69 Å². The zero-order valence-corrected chi connectivity index (χ0v) is 13.4. The Morgan fingerprint density at radius 2 is 2.24 bits per heavy atom. The van der Waals surface area contributed by atoms with Gasteiger partial charge in [0, 0.05) is 35.6 Å². The molecule has 1 aromatic carbocycles. The molecule has 2 N–H and O–H groups in total. The highest BCUT2D eigenvalue weighted by Gasteiger charge is 2.11. The lowest BCUT2D eigenvalue weighted by Crippen LogP contribution is -2.26. The minimum Gasteiger partial charge on any atom is -0.384 e. The lowest BCUT2D eigenvalue weighted by atomic mass is 10.1. The van der Waals surface area contributed by atoms with Gasteiger partial charge >= 0.3 is 0 Å². The third kappa shape index (κ3) is 4.72. The summed E-state index contributed by atoms with van der Waals surface area (Å²) in [5.41, 5.74) is 4.18. The Balaban J connectivity index is 1.98. The molecule has 21 heavy (non-hydrogen) atoms. The Morgan fingerprint density at radius 1 is 1.38 bits per heavy atom. The quantitative estimate of drug-likeness (QED) is 0.818. The van der Waals surface area contributed by atoms with Gasteiger partial charge < -0.3 is 10.6 Å². The van der Waals surface area contributed by atoms with Crippen LogP contribution >= 0.6 is 22.9 Å². The van der Waals surface area contributed by atoms with Crippen molar-refractivity contribution in [2.45, 2.75) is 19.8 Å². The van der Waals surface area contributed by atoms with Crippen LogP contribution in [0.25, 0.3) is 0 Å². The largest absolute Gasteiger partial charge is 0.384 e. The van der Waals surface area contributed by atoms with Gasteiger partial charge in [0.05, 0.1) is 16.8 Å². The van der Waals surface area contributed by atoms with E-state index in [4.69, 9.17) is 11.6 Å². The smallest absolute Gasteiger partial charge is 0.253 e. The molecule has 6 heteroatoms. The van der Waals surface area contributed by atoms with E-state index in [1.165, 1.54) is 0 Å². The summed E-state index contributed by atoms with van der Waals surface area (Å²) in [4.78, 5) is 16.5. The van der Waals surface area contributed by atoms with Gasteiger partial charge in [-0.05, 0) is 24.6 Å². The first-order valence-electron chi connectivity index (χ1n) is 6.89. The molecule has 0 radical (unpaired) electrons. The molecule has 0 aliphatic carbocycles. The maximum absolute atomic E-state index is 12.3. The Labute approximate surface area is 133 Å². The molecule has 2 aromatic rings. The van der Waals surface area contributed by atoms with E-state index in [2.05, 4.69) is 22.5 Å². The molecule has 0 saturated carbocycles. The monoisotopic (exact) mass is 323 g/mol. The third-order valence-corrected chi connectivity index (χ3v) is 3.81. The highest BCUT2D eigenvalue weighted by Crippen LogP contribution is 2.20. The topological polar surface area (TPSA) is 54.0 Å². The van der Waals surface area contributed by atoms with Crippen molar-refractivity contribution in [1.82, 2.24) is 10.3 Å². The number of aromatic nitrogens is 1. The summed E-state index contributed by atoms with van der Waals surface area (Å²) in [7, 11) is 0. The SMILES string of the molecule is CCCNc1ccc(Cl)cc1C(=O)NCCc1cscn1. The fourth-order valence-electron chi connectivity index (χ4n) is 1.88. The predicted molar refractivity (Wildman–Crippen MR) is 88.4 cm³/mol. The van der Waals surface area contributed by atoms with Crippen molar-refractivity contribution in [3.05, 3.63) is 45.4 Å². The van der Waals surface area contributed by atoms with Crippen LogP contribution in [0.1, 0.15) is 29.4 Å². The number of nitrogens with zero attached hydrogens (tertiary/aromatic N) is 1. The molecule has 0 saturated heterocycles. The zero-order chi connectivity index (χ0) is 15.1. The summed E-state index contributed by atoms with van der Waals surface area (Å²) < 4.78 is 0. The number of benzene rings is 1. The summed E-state index contributed by atoms with van der Waals surface area (Å²) >= 11 is 7.55. The normalized spacial score (nSPS) is 10.4. The first-order chi connectivity index (χ1) is 10.2. The van der Waals surface area contributed by atoms with E-state index >= 15 is 0 Å². The van der Waals surface area contributed by atoms with Crippen LogP contribution in [0, 0.1) is 0 Å². The molecule has 0 aliphatic heterocycles. The molecule has 112 valence electrons. The van der Waals surface area contributed by atoms with Crippen molar-refractivity contribution in [2.75, 3.05) is 18.4 Å². The van der Waals surface area contributed by atoms with E-state index in [9.17, 15) is 4.79 Å². The second-order valence-corrected chi connectivity index (χ2v) is 5.76. The van der Waals surface area contributed by atoms with Gasteiger partial charge in [-0.15, -0.1) is 11.3 Å². The van der Waals surface area contributed by atoms with Crippen molar-refractivity contribution in [2.24, 2.45) is 0 Å². The van der Waals surface area contributed by atoms with E-state index < -0.39 is 0 Å². The second-order valence-electron chi connectivity index (χ2n) is 4.60. The number of hydrogen-bond acceptors (Lipinski definition) is 4. The number of anilines is 1. The zero-order valence-electron chi connectivity index (χ0n) is 11.9. The van der Waals surface area contributed by atoms with Gasteiger partial charge in [0.1, 0.15) is 0 Å². The van der Waals surface area contributed by atoms with Gasteiger partial charge in [-0.3, -0.25) is 4.79 Å². The Kier molecular flexibility index (Phi) is 6.02. The molecule has 1 aromatic heterocycles. The number of carbonyl (C=O) groups is 1. The van der Waals surface area contributed by atoms with E-state index in [-0.39, 0.29) is 5.91 Å². The minimum absolute atomic E-state index is 0.119. The highest BCUT2D eigenvalue weighted by molar-refractivity contribution is 7.07. The molecule has 0 fully saturated rings. The lowest BCUT2D eigenvalue weighted by molar-refractivity contribution is 0.0955. The number of rotatable bonds is 7. The average molecular weight is 324 g/mol. The summed E-state index contributed by atoms with van der Waals surface area (Å²) in [5.74, 6) is -0.119. The van der Waals surface area contributed by atoms with Crippen molar-refractivity contribution in [3.63, 3.8) is 0 Å². The number of amides is 1. The first kappa shape index (κ1) is 15.8. The summed E-state index contributed by atoms with van der Waals surface area (Å²) in [6.07, 6.45) is 1.72. The van der Waals surface area contributed by atoms with Crippen molar-refractivity contribution < 1.29 is 4.79 Å². The summed E-state index contributed by atoms with van der Waals surface area (Å²) in [6, 6.07) is 5.32. The van der Waals surface area contributed by atoms with Gasteiger partial charge in [0.2, 0.25) is 0 Å². The van der Waals surface area contributed by atoms with Gasteiger partial charge in [-0.2, -0.15) is 0 Å². The maximum Gasteiger partial charge on any atom is 0.253 e. The Bertz CT molecular complexity index is 587. The molecular weight excluding hydrogens is 306 g/mol. The molecule has 0 aliphatic rings. The predicted octanol–water partition coefficient (Wildman–Crippen LogP) is 3.59. The number of thiazole rings is 1. The van der Waals surface area contributed by atoms with Gasteiger partial charge in [-0.1, -0.05) is 18.5 Å². The van der Waals surface area contributed by atoms with Gasteiger partial charge in [0.25, 0.3) is 5.91 Å². The average Bonchev–Trinajstić information content (AvgIpc) is 2.99. The molecule has 0 unspecified atom stereocenters. The standard InChI is InChI=1S/C15H18ClN3OS/c1-2-6-17-14-4-3-11(16)8-13(14)15(20)18-7-5-12-9-21-10-19-12/h3-4,8-10,17H,2,5-7H2,1H3,(H,18,20). The highest BCUT2D eigenvalue weighted by atomic mass is 35.5. The second kappa shape index (κ2) is 8.00. The van der Waals surface area contributed by atoms with Crippen LogP contribution in [-0.4, -0.2) is 24.0 Å². The van der Waals surface area contributed by atoms with Crippen molar-refractivity contribution in [1.29, 1.82) is 0 Å². The Morgan fingerprint density at radius 3 is 2.95 bits per heavy atom. The summed E-state index contributed by atoms with van der Waals surface area (Å²) in [6.45, 7) is 3.46. The summed E-state index contributed by atoms with van der Waals surface area (Å²) in [5, 5.41) is 8.70. The number of nitrogens with one attached hydrogen (secondary N) is 2. The molecule has 4 nitrogen and oxygen atoms in total. The van der Waals surface area contributed by atoms with E-state index in [1.54, 1.807) is 29.0 Å². The number of carbonyl (C=O) groups excluding carboxylic acids is 1. The van der Waals surface area contributed by atoms with Crippen LogP contribution < -0.4 is 10.6 Å². The molecule has 1 amide bonds. The van der Waals surface area contributed by atoms with Crippen molar-refractivity contribution in [3.8, 4) is 0 Å². The van der Waals surface area contributed by atoms with Gasteiger partial charge in [0.15, 0.2) is 0 Å². The molecule has 0 spiro atoms. The van der Waals surface area contributed by atoms with Gasteiger partial charge in [-0.25, -0.2) is 4.98 Å².